The summed E-state index contributed by atoms with van der Waals surface area (Å²) in [6.45, 7) is 4.68. The maximum absolute atomic E-state index is 9.88. The van der Waals surface area contributed by atoms with Crippen molar-refractivity contribution in [1.82, 2.24) is 5.32 Å². The quantitative estimate of drug-likeness (QED) is 0.783. The van der Waals surface area contributed by atoms with Gasteiger partial charge in [-0.25, -0.2) is 0 Å². The van der Waals surface area contributed by atoms with Crippen LogP contribution in [0.15, 0.2) is 30.3 Å². The smallest absolute Gasteiger partial charge is 0.119 e. The van der Waals surface area contributed by atoms with Gasteiger partial charge >= 0.3 is 0 Å². The van der Waals surface area contributed by atoms with Crippen molar-refractivity contribution in [2.75, 3.05) is 26.4 Å². The average molecular weight is 265 g/mol. The molecule has 2 rings (SSSR count). The summed E-state index contributed by atoms with van der Waals surface area (Å²) in [5.74, 6) is 1.35. The van der Waals surface area contributed by atoms with Gasteiger partial charge in [-0.15, -0.1) is 0 Å². The zero-order valence-corrected chi connectivity index (χ0v) is 11.4. The van der Waals surface area contributed by atoms with Gasteiger partial charge in [0, 0.05) is 19.2 Å². The minimum absolute atomic E-state index is 0.310. The Kier molecular flexibility index (Phi) is 5.63. The van der Waals surface area contributed by atoms with Crippen LogP contribution in [0.5, 0.6) is 5.75 Å². The van der Waals surface area contributed by atoms with Gasteiger partial charge < -0.3 is 19.9 Å². The Morgan fingerprint density at radius 3 is 2.89 bits per heavy atom. The largest absolute Gasteiger partial charge is 0.491 e. The molecule has 2 N–H and O–H groups in total. The fourth-order valence-electron chi connectivity index (χ4n) is 2.20. The summed E-state index contributed by atoms with van der Waals surface area (Å²) in [7, 11) is 0. The highest BCUT2D eigenvalue weighted by Gasteiger charge is 2.22. The van der Waals surface area contributed by atoms with Crippen molar-refractivity contribution in [3.05, 3.63) is 30.3 Å². The third-order valence-corrected chi connectivity index (χ3v) is 3.53. The van der Waals surface area contributed by atoms with Gasteiger partial charge in [-0.3, -0.25) is 0 Å². The van der Waals surface area contributed by atoms with Crippen LogP contribution in [0, 0.1) is 5.92 Å². The van der Waals surface area contributed by atoms with Crippen molar-refractivity contribution >= 4 is 0 Å². The second-order valence-electron chi connectivity index (χ2n) is 5.10. The Labute approximate surface area is 114 Å². The van der Waals surface area contributed by atoms with Crippen LogP contribution in [0.4, 0.5) is 0 Å². The normalized spacial score (nSPS) is 22.1. The Balaban J connectivity index is 1.62. The number of hydrogen-bond donors (Lipinski definition) is 2. The lowest BCUT2D eigenvalue weighted by molar-refractivity contribution is 0.100. The first kappa shape index (κ1) is 14.3. The number of rotatable bonds is 7. The summed E-state index contributed by atoms with van der Waals surface area (Å²) in [5.41, 5.74) is 0. The van der Waals surface area contributed by atoms with E-state index in [9.17, 15) is 5.11 Å². The third-order valence-electron chi connectivity index (χ3n) is 3.53. The molecule has 4 heteroatoms. The van der Waals surface area contributed by atoms with E-state index in [0.717, 1.165) is 25.4 Å². The second-order valence-corrected chi connectivity index (χ2v) is 5.10. The Hall–Kier alpha value is -1.10. The molecule has 0 saturated carbocycles. The average Bonchev–Trinajstić information content (AvgIpc) is 2.98. The molecule has 0 spiro atoms. The molecule has 3 unspecified atom stereocenters. The van der Waals surface area contributed by atoms with E-state index in [1.807, 2.05) is 30.3 Å². The predicted octanol–water partition coefficient (Wildman–Crippen LogP) is 1.44. The summed E-state index contributed by atoms with van der Waals surface area (Å²) in [5, 5.41) is 13.2. The fraction of sp³-hybridized carbons (Fsp3) is 0.600. The van der Waals surface area contributed by atoms with Crippen LogP contribution in [-0.2, 0) is 4.74 Å². The molecule has 3 atom stereocenters. The van der Waals surface area contributed by atoms with Crippen LogP contribution in [0.1, 0.15) is 13.3 Å². The molecule has 0 radical (unpaired) electrons. The van der Waals surface area contributed by atoms with Crippen LogP contribution >= 0.6 is 0 Å². The van der Waals surface area contributed by atoms with Crippen LogP contribution < -0.4 is 10.1 Å². The SMILES string of the molecule is CC(NCC(O)COc1ccccc1)C1CCOC1. The number of benzene rings is 1. The van der Waals surface area contributed by atoms with Crippen molar-refractivity contribution in [3.8, 4) is 5.75 Å². The van der Waals surface area contributed by atoms with Gasteiger partial charge in [-0.05, 0) is 31.4 Å². The van der Waals surface area contributed by atoms with Crippen molar-refractivity contribution in [3.63, 3.8) is 0 Å². The molecular formula is C15H23NO3. The van der Waals surface area contributed by atoms with Crippen LogP contribution in [0.2, 0.25) is 0 Å². The summed E-state index contributed by atoms with van der Waals surface area (Å²) in [6, 6.07) is 9.92. The van der Waals surface area contributed by atoms with E-state index >= 15 is 0 Å². The molecule has 1 aromatic carbocycles. The second kappa shape index (κ2) is 7.48. The molecule has 1 aliphatic heterocycles. The first-order chi connectivity index (χ1) is 9.25. The number of ether oxygens (including phenoxy) is 2. The van der Waals surface area contributed by atoms with Gasteiger partial charge in [0.15, 0.2) is 0 Å². The van der Waals surface area contributed by atoms with E-state index in [1.54, 1.807) is 0 Å². The monoisotopic (exact) mass is 265 g/mol. The highest BCUT2D eigenvalue weighted by Crippen LogP contribution is 2.16. The highest BCUT2D eigenvalue weighted by atomic mass is 16.5. The first-order valence-electron chi connectivity index (χ1n) is 6.92. The molecule has 4 nitrogen and oxygen atoms in total. The van der Waals surface area contributed by atoms with Crippen LogP contribution in [0.3, 0.4) is 0 Å². The fourth-order valence-corrected chi connectivity index (χ4v) is 2.20. The van der Waals surface area contributed by atoms with Crippen molar-refractivity contribution in [1.29, 1.82) is 0 Å². The number of para-hydroxylation sites is 1. The molecule has 1 aliphatic rings. The van der Waals surface area contributed by atoms with Gasteiger partial charge in [-0.1, -0.05) is 18.2 Å². The van der Waals surface area contributed by atoms with E-state index < -0.39 is 6.10 Å². The molecule has 106 valence electrons. The summed E-state index contributed by atoms with van der Waals surface area (Å²) < 4.78 is 10.9. The van der Waals surface area contributed by atoms with E-state index in [1.165, 1.54) is 0 Å². The Bertz CT molecular complexity index is 352. The number of aliphatic hydroxyl groups is 1. The van der Waals surface area contributed by atoms with Crippen molar-refractivity contribution < 1.29 is 14.6 Å². The topological polar surface area (TPSA) is 50.7 Å². The van der Waals surface area contributed by atoms with E-state index in [-0.39, 0.29) is 0 Å². The molecule has 1 fully saturated rings. The minimum atomic E-state index is -0.495. The predicted molar refractivity (Wildman–Crippen MR) is 74.3 cm³/mol. The molecule has 19 heavy (non-hydrogen) atoms. The minimum Gasteiger partial charge on any atom is -0.491 e. The molecule has 0 amide bonds. The van der Waals surface area contributed by atoms with E-state index in [2.05, 4.69) is 12.2 Å². The molecule has 0 aromatic heterocycles. The van der Waals surface area contributed by atoms with E-state index in [0.29, 0.717) is 25.1 Å². The van der Waals surface area contributed by atoms with Gasteiger partial charge in [0.1, 0.15) is 18.5 Å². The van der Waals surface area contributed by atoms with Crippen molar-refractivity contribution in [2.45, 2.75) is 25.5 Å². The maximum atomic E-state index is 9.88. The van der Waals surface area contributed by atoms with Gasteiger partial charge in [0.2, 0.25) is 0 Å². The molecule has 1 aromatic rings. The zero-order valence-electron chi connectivity index (χ0n) is 11.4. The summed E-state index contributed by atoms with van der Waals surface area (Å²) in [6.07, 6.45) is 0.607. The van der Waals surface area contributed by atoms with Gasteiger partial charge in [-0.2, -0.15) is 0 Å². The number of nitrogens with one attached hydrogen (secondary N) is 1. The molecule has 1 saturated heterocycles. The molecule has 0 aliphatic carbocycles. The van der Waals surface area contributed by atoms with Gasteiger partial charge in [0.25, 0.3) is 0 Å². The van der Waals surface area contributed by atoms with E-state index in [4.69, 9.17) is 9.47 Å². The van der Waals surface area contributed by atoms with Gasteiger partial charge in [0.05, 0.1) is 6.61 Å². The first-order valence-corrected chi connectivity index (χ1v) is 6.92. The number of hydrogen-bond acceptors (Lipinski definition) is 4. The van der Waals surface area contributed by atoms with Crippen LogP contribution in [0.25, 0.3) is 0 Å². The van der Waals surface area contributed by atoms with Crippen molar-refractivity contribution in [2.24, 2.45) is 5.92 Å². The highest BCUT2D eigenvalue weighted by molar-refractivity contribution is 5.20. The molecule has 1 heterocycles. The zero-order chi connectivity index (χ0) is 13.5. The maximum Gasteiger partial charge on any atom is 0.119 e. The molecule has 0 bridgehead atoms. The Morgan fingerprint density at radius 1 is 1.42 bits per heavy atom. The van der Waals surface area contributed by atoms with Crippen LogP contribution in [-0.4, -0.2) is 43.6 Å². The lowest BCUT2D eigenvalue weighted by Gasteiger charge is -2.21. The third kappa shape index (κ3) is 4.82. The lowest BCUT2D eigenvalue weighted by atomic mass is 10.0. The standard InChI is InChI=1S/C15H23NO3/c1-12(13-7-8-18-10-13)16-9-14(17)11-19-15-5-3-2-4-6-15/h2-6,12-14,16-17H,7-11H2,1H3. The Morgan fingerprint density at radius 2 is 2.21 bits per heavy atom. The lowest BCUT2D eigenvalue weighted by Crippen LogP contribution is -2.40. The molecular weight excluding hydrogens is 242 g/mol. The summed E-state index contributed by atoms with van der Waals surface area (Å²) >= 11 is 0. The summed E-state index contributed by atoms with van der Waals surface area (Å²) in [4.78, 5) is 0. The number of aliphatic hydroxyl groups excluding tert-OH is 1.